The lowest BCUT2D eigenvalue weighted by Crippen LogP contribution is -2.51. The van der Waals surface area contributed by atoms with Gasteiger partial charge in [-0.2, -0.15) is 0 Å². The van der Waals surface area contributed by atoms with Crippen molar-refractivity contribution in [2.75, 3.05) is 13.1 Å². The average Bonchev–Trinajstić information content (AvgIpc) is 2.76. The van der Waals surface area contributed by atoms with Crippen LogP contribution in [0, 0.1) is 11.8 Å². The van der Waals surface area contributed by atoms with Gasteiger partial charge in [0.15, 0.2) is 0 Å². The number of hydrogen-bond acceptors (Lipinski definition) is 2. The van der Waals surface area contributed by atoms with Gasteiger partial charge in [-0.1, -0.05) is 6.42 Å². The van der Waals surface area contributed by atoms with Gasteiger partial charge in [0.2, 0.25) is 0 Å². The number of rotatable bonds is 1. The van der Waals surface area contributed by atoms with Gasteiger partial charge in [-0.25, -0.2) is 0 Å². The molecule has 2 heteroatoms. The summed E-state index contributed by atoms with van der Waals surface area (Å²) in [7, 11) is 0. The normalized spacial score (nSPS) is 51.2. The largest absolute Gasteiger partial charge is 0.373 e. The van der Waals surface area contributed by atoms with Gasteiger partial charge in [0.25, 0.3) is 0 Å². The third-order valence-corrected chi connectivity index (χ3v) is 4.62. The molecule has 2 saturated carbocycles. The van der Waals surface area contributed by atoms with Crippen LogP contribution in [0.2, 0.25) is 0 Å². The first-order chi connectivity index (χ1) is 7.22. The summed E-state index contributed by atoms with van der Waals surface area (Å²) in [4.78, 5) is 2.72. The van der Waals surface area contributed by atoms with E-state index in [2.05, 4.69) is 18.7 Å². The van der Waals surface area contributed by atoms with Crippen LogP contribution in [0.1, 0.15) is 39.5 Å². The molecule has 5 atom stereocenters. The number of nitrogens with zero attached hydrogens (tertiary/aromatic N) is 1. The molecule has 0 aromatic heterocycles. The first-order valence-corrected chi connectivity index (χ1v) is 6.62. The SMILES string of the molecule is C[C@@H]1CN([C@@H]2C[C@H]3CC[C@H]2C3)C[C@@H](C)O1. The van der Waals surface area contributed by atoms with Crippen molar-refractivity contribution in [3.8, 4) is 0 Å². The van der Waals surface area contributed by atoms with Crippen LogP contribution >= 0.6 is 0 Å². The minimum atomic E-state index is 0.438. The van der Waals surface area contributed by atoms with Crippen molar-refractivity contribution in [3.05, 3.63) is 0 Å². The van der Waals surface area contributed by atoms with Crippen LogP contribution in [0.3, 0.4) is 0 Å². The highest BCUT2D eigenvalue weighted by Gasteiger charge is 2.43. The molecule has 2 nitrogen and oxygen atoms in total. The monoisotopic (exact) mass is 209 g/mol. The van der Waals surface area contributed by atoms with E-state index < -0.39 is 0 Å². The molecule has 0 amide bonds. The van der Waals surface area contributed by atoms with Gasteiger partial charge in [-0.3, -0.25) is 4.90 Å². The van der Waals surface area contributed by atoms with E-state index in [4.69, 9.17) is 4.74 Å². The van der Waals surface area contributed by atoms with E-state index in [0.29, 0.717) is 12.2 Å². The molecule has 15 heavy (non-hydrogen) atoms. The van der Waals surface area contributed by atoms with Crippen molar-refractivity contribution in [2.24, 2.45) is 11.8 Å². The summed E-state index contributed by atoms with van der Waals surface area (Å²) in [6.45, 7) is 6.77. The van der Waals surface area contributed by atoms with E-state index >= 15 is 0 Å². The summed E-state index contributed by atoms with van der Waals surface area (Å²) < 4.78 is 5.81. The molecular formula is C13H23NO. The molecule has 3 aliphatic rings. The molecule has 3 rings (SSSR count). The Balaban J connectivity index is 1.66. The third-order valence-electron chi connectivity index (χ3n) is 4.62. The molecule has 2 aliphatic carbocycles. The number of ether oxygens (including phenoxy) is 1. The number of morpholine rings is 1. The number of hydrogen-bond donors (Lipinski definition) is 0. The molecule has 1 heterocycles. The van der Waals surface area contributed by atoms with Crippen LogP contribution in [0.4, 0.5) is 0 Å². The second-order valence-corrected chi connectivity index (χ2v) is 5.95. The molecule has 1 aliphatic heterocycles. The summed E-state index contributed by atoms with van der Waals surface area (Å²) >= 11 is 0. The van der Waals surface area contributed by atoms with Gasteiger partial charge in [-0.15, -0.1) is 0 Å². The Kier molecular flexibility index (Phi) is 2.52. The Labute approximate surface area is 93.0 Å². The maximum Gasteiger partial charge on any atom is 0.0678 e. The van der Waals surface area contributed by atoms with E-state index in [9.17, 15) is 0 Å². The highest BCUT2D eigenvalue weighted by molar-refractivity contribution is 4.96. The van der Waals surface area contributed by atoms with Crippen LogP contribution in [0.15, 0.2) is 0 Å². The summed E-state index contributed by atoms with van der Waals surface area (Å²) in [5.41, 5.74) is 0. The molecule has 86 valence electrons. The van der Waals surface area contributed by atoms with Crippen molar-refractivity contribution in [3.63, 3.8) is 0 Å². The summed E-state index contributed by atoms with van der Waals surface area (Å²) in [6, 6.07) is 0.901. The van der Waals surface area contributed by atoms with Gasteiger partial charge >= 0.3 is 0 Å². The van der Waals surface area contributed by atoms with Gasteiger partial charge in [0, 0.05) is 19.1 Å². The average molecular weight is 209 g/mol. The lowest BCUT2D eigenvalue weighted by Gasteiger charge is -2.41. The second-order valence-electron chi connectivity index (χ2n) is 5.95. The van der Waals surface area contributed by atoms with Crippen LogP contribution in [-0.2, 0) is 4.74 Å². The van der Waals surface area contributed by atoms with E-state index in [1.807, 2.05) is 0 Å². The molecule has 0 aromatic carbocycles. The Hall–Kier alpha value is -0.0800. The Morgan fingerprint density at radius 2 is 1.73 bits per heavy atom. The highest BCUT2D eigenvalue weighted by Crippen LogP contribution is 2.47. The fraction of sp³-hybridized carbons (Fsp3) is 1.00. The second kappa shape index (κ2) is 3.74. The smallest absolute Gasteiger partial charge is 0.0678 e. The van der Waals surface area contributed by atoms with Crippen molar-refractivity contribution in [2.45, 2.75) is 57.8 Å². The number of fused-ring (bicyclic) bond motifs is 2. The standard InChI is InChI=1S/C13H23NO/c1-9-7-14(8-10(2)15-9)13-6-11-3-4-12(13)5-11/h9-13H,3-8H2,1-2H3/t9-,10-,11+,12+,13-/m1/s1. The summed E-state index contributed by atoms with van der Waals surface area (Å²) in [6.07, 6.45) is 6.88. The molecule has 2 bridgehead atoms. The van der Waals surface area contributed by atoms with Gasteiger partial charge < -0.3 is 4.74 Å². The summed E-state index contributed by atoms with van der Waals surface area (Å²) in [5, 5.41) is 0. The fourth-order valence-corrected chi connectivity index (χ4v) is 4.15. The van der Waals surface area contributed by atoms with Crippen molar-refractivity contribution in [1.82, 2.24) is 4.90 Å². The van der Waals surface area contributed by atoms with Crippen LogP contribution < -0.4 is 0 Å². The maximum absolute atomic E-state index is 5.81. The van der Waals surface area contributed by atoms with E-state index in [1.165, 1.54) is 25.7 Å². The van der Waals surface area contributed by atoms with Crippen molar-refractivity contribution in [1.29, 1.82) is 0 Å². The van der Waals surface area contributed by atoms with Crippen LogP contribution in [-0.4, -0.2) is 36.2 Å². The quantitative estimate of drug-likeness (QED) is 0.657. The van der Waals surface area contributed by atoms with Crippen molar-refractivity contribution >= 4 is 0 Å². The molecular weight excluding hydrogens is 186 g/mol. The maximum atomic E-state index is 5.81. The van der Waals surface area contributed by atoms with E-state index in [-0.39, 0.29) is 0 Å². The van der Waals surface area contributed by atoms with Crippen LogP contribution in [0.25, 0.3) is 0 Å². The molecule has 0 aromatic rings. The minimum absolute atomic E-state index is 0.438. The zero-order valence-corrected chi connectivity index (χ0v) is 9.98. The molecule has 3 fully saturated rings. The van der Waals surface area contributed by atoms with E-state index in [1.54, 1.807) is 0 Å². The third kappa shape index (κ3) is 1.83. The first kappa shape index (κ1) is 10.1. The first-order valence-electron chi connectivity index (χ1n) is 6.62. The molecule has 0 N–H and O–H groups in total. The van der Waals surface area contributed by atoms with Crippen LogP contribution in [0.5, 0.6) is 0 Å². The molecule has 0 radical (unpaired) electrons. The fourth-order valence-electron chi connectivity index (χ4n) is 4.15. The van der Waals surface area contributed by atoms with Gasteiger partial charge in [-0.05, 0) is 44.9 Å². The zero-order chi connectivity index (χ0) is 10.4. The minimum Gasteiger partial charge on any atom is -0.373 e. The highest BCUT2D eigenvalue weighted by atomic mass is 16.5. The van der Waals surface area contributed by atoms with Crippen molar-refractivity contribution < 1.29 is 4.74 Å². The lowest BCUT2D eigenvalue weighted by molar-refractivity contribution is -0.0862. The Morgan fingerprint density at radius 3 is 2.27 bits per heavy atom. The lowest BCUT2D eigenvalue weighted by atomic mass is 9.93. The zero-order valence-electron chi connectivity index (χ0n) is 9.98. The molecule has 0 spiro atoms. The Morgan fingerprint density at radius 1 is 1.00 bits per heavy atom. The Bertz CT molecular complexity index is 233. The van der Waals surface area contributed by atoms with Gasteiger partial charge in [0.05, 0.1) is 12.2 Å². The summed E-state index contributed by atoms with van der Waals surface area (Å²) in [5.74, 6) is 2.08. The predicted molar refractivity (Wildman–Crippen MR) is 60.8 cm³/mol. The molecule has 1 saturated heterocycles. The molecule has 0 unspecified atom stereocenters. The van der Waals surface area contributed by atoms with E-state index in [0.717, 1.165) is 31.0 Å². The predicted octanol–water partition coefficient (Wildman–Crippen LogP) is 2.28. The van der Waals surface area contributed by atoms with Gasteiger partial charge in [0.1, 0.15) is 0 Å². The topological polar surface area (TPSA) is 12.5 Å².